The van der Waals surface area contributed by atoms with Crippen LogP contribution in [0.25, 0.3) is 59.6 Å². The maximum Gasteiger partial charge on any atom is 0.195 e. The van der Waals surface area contributed by atoms with Crippen molar-refractivity contribution >= 4 is 70.6 Å². The van der Waals surface area contributed by atoms with Gasteiger partial charge in [0.05, 0.1) is 26.9 Å². The number of aromatic nitrogens is 2. The van der Waals surface area contributed by atoms with Crippen LogP contribution in [0.5, 0.6) is 0 Å². The molecule has 0 fully saturated rings. The van der Waals surface area contributed by atoms with Gasteiger partial charge in [-0.15, -0.1) is 0 Å². The van der Waals surface area contributed by atoms with Crippen LogP contribution in [0.1, 0.15) is 0 Å². The molecule has 2 heterocycles. The Morgan fingerprint density at radius 2 is 1.16 bits per heavy atom. The van der Waals surface area contributed by atoms with Gasteiger partial charge in [-0.1, -0.05) is 114 Å². The van der Waals surface area contributed by atoms with Gasteiger partial charge in [0.15, 0.2) is 5.13 Å². The fraction of sp³-hybridized carbons (Fsp3) is 0. The molecule has 4 heteroatoms. The van der Waals surface area contributed by atoms with Crippen LogP contribution < -0.4 is 4.90 Å². The number of hydrogen-bond acceptors (Lipinski definition) is 3. The second-order valence-corrected chi connectivity index (χ2v) is 12.3. The van der Waals surface area contributed by atoms with E-state index in [0.717, 1.165) is 33.2 Å². The molecular formula is C41H27N3S. The lowest BCUT2D eigenvalue weighted by atomic mass is 10.0. The van der Waals surface area contributed by atoms with Crippen molar-refractivity contribution < 1.29 is 0 Å². The molecule has 0 radical (unpaired) electrons. The summed E-state index contributed by atoms with van der Waals surface area (Å²) in [5.74, 6) is 0. The smallest absolute Gasteiger partial charge is 0.195 e. The number of hydrogen-bond donors (Lipinski definition) is 0. The zero-order valence-corrected chi connectivity index (χ0v) is 25.2. The molecule has 0 N–H and O–H groups in total. The largest absolute Gasteiger partial charge is 0.309 e. The van der Waals surface area contributed by atoms with Gasteiger partial charge in [-0.05, 0) is 82.6 Å². The Hall–Kier alpha value is -5.71. The Kier molecular flexibility index (Phi) is 6.00. The Morgan fingerprint density at radius 3 is 1.98 bits per heavy atom. The van der Waals surface area contributed by atoms with Crippen molar-refractivity contribution in [2.24, 2.45) is 0 Å². The fourth-order valence-electron chi connectivity index (χ4n) is 6.47. The predicted octanol–water partition coefficient (Wildman–Crippen LogP) is 11.7. The van der Waals surface area contributed by atoms with E-state index >= 15 is 0 Å². The summed E-state index contributed by atoms with van der Waals surface area (Å²) in [7, 11) is 0. The lowest BCUT2D eigenvalue weighted by Crippen LogP contribution is -2.10. The maximum atomic E-state index is 5.15. The van der Waals surface area contributed by atoms with Crippen molar-refractivity contribution in [3.8, 4) is 16.8 Å². The molecule has 3 nitrogen and oxygen atoms in total. The van der Waals surface area contributed by atoms with Gasteiger partial charge in [-0.3, -0.25) is 4.90 Å². The molecule has 2 aromatic heterocycles. The molecule has 0 amide bonds. The normalized spacial score (nSPS) is 11.6. The van der Waals surface area contributed by atoms with E-state index in [2.05, 4.69) is 173 Å². The van der Waals surface area contributed by atoms with Gasteiger partial charge in [0, 0.05) is 22.1 Å². The van der Waals surface area contributed by atoms with Crippen molar-refractivity contribution in [2.45, 2.75) is 0 Å². The number of fused-ring (bicyclic) bond motifs is 5. The number of para-hydroxylation sites is 2. The molecule has 9 aromatic rings. The van der Waals surface area contributed by atoms with Gasteiger partial charge >= 0.3 is 0 Å². The highest BCUT2D eigenvalue weighted by Gasteiger charge is 2.21. The number of thiazole rings is 1. The van der Waals surface area contributed by atoms with Gasteiger partial charge in [-0.25, -0.2) is 4.98 Å². The summed E-state index contributed by atoms with van der Waals surface area (Å²) in [4.78, 5) is 7.45. The van der Waals surface area contributed by atoms with Gasteiger partial charge < -0.3 is 4.57 Å². The molecule has 45 heavy (non-hydrogen) atoms. The number of anilines is 3. The lowest BCUT2D eigenvalue weighted by Gasteiger charge is -2.23. The molecule has 0 saturated carbocycles. The molecule has 0 aliphatic rings. The van der Waals surface area contributed by atoms with E-state index in [1.165, 1.54) is 42.9 Å². The van der Waals surface area contributed by atoms with Crippen molar-refractivity contribution in [1.82, 2.24) is 9.55 Å². The minimum atomic E-state index is 0.939. The first kappa shape index (κ1) is 25.8. The van der Waals surface area contributed by atoms with Crippen molar-refractivity contribution in [3.05, 3.63) is 164 Å². The highest BCUT2D eigenvalue weighted by Crippen LogP contribution is 2.43. The summed E-state index contributed by atoms with van der Waals surface area (Å²) in [5.41, 5.74) is 9.01. The fourth-order valence-corrected chi connectivity index (χ4v) is 7.47. The van der Waals surface area contributed by atoms with E-state index in [9.17, 15) is 0 Å². The quantitative estimate of drug-likeness (QED) is 0.198. The first-order valence-electron chi connectivity index (χ1n) is 15.1. The Balaban J connectivity index is 1.32. The predicted molar refractivity (Wildman–Crippen MR) is 192 cm³/mol. The van der Waals surface area contributed by atoms with Gasteiger partial charge in [0.25, 0.3) is 0 Å². The van der Waals surface area contributed by atoms with Crippen LogP contribution in [-0.4, -0.2) is 9.55 Å². The average Bonchev–Trinajstić information content (AvgIpc) is 3.66. The second-order valence-electron chi connectivity index (χ2n) is 11.3. The van der Waals surface area contributed by atoms with E-state index in [0.29, 0.717) is 0 Å². The summed E-state index contributed by atoms with van der Waals surface area (Å²) < 4.78 is 3.57. The first-order chi connectivity index (χ1) is 22.3. The van der Waals surface area contributed by atoms with Crippen LogP contribution in [0.4, 0.5) is 16.5 Å². The molecule has 0 atom stereocenters. The van der Waals surface area contributed by atoms with Crippen LogP contribution in [-0.2, 0) is 0 Å². The summed E-state index contributed by atoms with van der Waals surface area (Å²) in [6.45, 7) is 0. The van der Waals surface area contributed by atoms with E-state index in [-0.39, 0.29) is 0 Å². The van der Waals surface area contributed by atoms with Crippen molar-refractivity contribution in [2.75, 3.05) is 4.90 Å². The molecule has 212 valence electrons. The van der Waals surface area contributed by atoms with E-state index in [1.54, 1.807) is 11.3 Å². The first-order valence-corrected chi connectivity index (χ1v) is 16.0. The summed E-state index contributed by atoms with van der Waals surface area (Å²) in [6.07, 6.45) is 0. The van der Waals surface area contributed by atoms with Crippen LogP contribution in [0.3, 0.4) is 0 Å². The second kappa shape index (κ2) is 10.5. The Bertz CT molecular complexity index is 2460. The molecule has 0 bridgehead atoms. The van der Waals surface area contributed by atoms with Gasteiger partial charge in [-0.2, -0.15) is 0 Å². The van der Waals surface area contributed by atoms with Crippen LogP contribution >= 0.6 is 11.3 Å². The average molecular weight is 594 g/mol. The molecular weight excluding hydrogens is 567 g/mol. The van der Waals surface area contributed by atoms with Crippen LogP contribution in [0.15, 0.2) is 164 Å². The summed E-state index contributed by atoms with van der Waals surface area (Å²) in [5, 5.41) is 5.89. The van der Waals surface area contributed by atoms with Gasteiger partial charge in [0.2, 0.25) is 0 Å². The van der Waals surface area contributed by atoms with Gasteiger partial charge in [0.1, 0.15) is 0 Å². The highest BCUT2D eigenvalue weighted by atomic mass is 32.1. The Labute approximate surface area is 264 Å². The highest BCUT2D eigenvalue weighted by molar-refractivity contribution is 7.22. The monoisotopic (exact) mass is 593 g/mol. The van der Waals surface area contributed by atoms with Crippen LogP contribution in [0, 0.1) is 0 Å². The van der Waals surface area contributed by atoms with E-state index < -0.39 is 0 Å². The lowest BCUT2D eigenvalue weighted by molar-refractivity contribution is 1.18. The standard InChI is InChI=1S/C41H27N3S/c1-3-12-28(13-4-1)29-16-11-19-33(24-29)43(41-42-37-20-9-10-21-40(37)45-41)34-22-23-35-36-25-30-14-7-8-15-31(30)26-38(36)44(39(35)27-34)32-17-5-2-6-18-32/h1-27H. The SMILES string of the molecule is c1ccc(-c2cccc(N(c3ccc4c5cc6ccccc6cc5n(-c5ccccc5)c4c3)c3nc4ccccc4s3)c2)cc1. The molecule has 7 aromatic carbocycles. The third-order valence-corrected chi connectivity index (χ3v) is 9.60. The molecule has 0 aliphatic heterocycles. The molecule has 0 spiro atoms. The number of nitrogens with zero attached hydrogens (tertiary/aromatic N) is 3. The minimum absolute atomic E-state index is 0.939. The topological polar surface area (TPSA) is 21.1 Å². The van der Waals surface area contributed by atoms with E-state index in [4.69, 9.17) is 4.98 Å². The zero-order chi connectivity index (χ0) is 29.7. The Morgan fingerprint density at radius 1 is 0.489 bits per heavy atom. The molecule has 9 rings (SSSR count). The molecule has 0 unspecified atom stereocenters. The zero-order valence-electron chi connectivity index (χ0n) is 24.3. The minimum Gasteiger partial charge on any atom is -0.309 e. The van der Waals surface area contributed by atoms with Crippen molar-refractivity contribution in [3.63, 3.8) is 0 Å². The summed E-state index contributed by atoms with van der Waals surface area (Å²) in [6, 6.07) is 58.5. The maximum absolute atomic E-state index is 5.15. The number of rotatable bonds is 5. The van der Waals surface area contributed by atoms with E-state index in [1.807, 2.05) is 0 Å². The molecule has 0 saturated heterocycles. The van der Waals surface area contributed by atoms with Crippen LogP contribution in [0.2, 0.25) is 0 Å². The third-order valence-electron chi connectivity index (χ3n) is 8.58. The molecule has 0 aliphatic carbocycles. The summed E-state index contributed by atoms with van der Waals surface area (Å²) >= 11 is 1.72. The third kappa shape index (κ3) is 4.38. The number of benzene rings is 7. The van der Waals surface area contributed by atoms with Crippen molar-refractivity contribution in [1.29, 1.82) is 0 Å².